The number of aromatic nitrogens is 1. The van der Waals surface area contributed by atoms with Crippen LogP contribution in [0.15, 0.2) is 91.1 Å². The molecule has 180 valence electrons. The molecule has 4 rings (SSSR count). The highest BCUT2D eigenvalue weighted by atomic mass is 16.4. The first-order chi connectivity index (χ1) is 17.0. The second-order valence-electron chi connectivity index (χ2n) is 9.13. The molecule has 1 amide bonds. The summed E-state index contributed by atoms with van der Waals surface area (Å²) in [6.45, 7) is 0.989. The minimum atomic E-state index is -0.767. The van der Waals surface area contributed by atoms with Gasteiger partial charge in [0.25, 0.3) is 0 Å². The number of aliphatic carboxylic acids is 1. The Hall–Kier alpha value is -3.86. The van der Waals surface area contributed by atoms with E-state index in [0.29, 0.717) is 19.5 Å². The normalized spacial score (nSPS) is 11.9. The molecule has 35 heavy (non-hydrogen) atoms. The summed E-state index contributed by atoms with van der Waals surface area (Å²) in [6.07, 6.45) is 4.33. The lowest BCUT2D eigenvalue weighted by atomic mass is 9.88. The molecule has 0 bridgehead atoms. The highest BCUT2D eigenvalue weighted by molar-refractivity contribution is 5.84. The average Bonchev–Trinajstić information content (AvgIpc) is 3.27. The molecule has 0 spiro atoms. The van der Waals surface area contributed by atoms with Crippen molar-refractivity contribution >= 4 is 22.8 Å². The van der Waals surface area contributed by atoms with Gasteiger partial charge in [-0.2, -0.15) is 0 Å². The monoisotopic (exact) mass is 468 g/mol. The third kappa shape index (κ3) is 6.60. The Morgan fingerprint density at radius 2 is 1.63 bits per heavy atom. The third-order valence-electron chi connectivity index (χ3n) is 6.61. The predicted molar refractivity (Wildman–Crippen MR) is 139 cm³/mol. The number of hydrogen-bond acceptors (Lipinski definition) is 2. The van der Waals surface area contributed by atoms with Gasteiger partial charge in [0.1, 0.15) is 6.54 Å². The van der Waals surface area contributed by atoms with Crippen molar-refractivity contribution in [3.8, 4) is 0 Å². The smallest absolute Gasteiger partial charge is 0.303 e. The molecule has 0 radical (unpaired) electrons. The second-order valence-corrected chi connectivity index (χ2v) is 9.13. The van der Waals surface area contributed by atoms with Gasteiger partial charge >= 0.3 is 5.97 Å². The Morgan fingerprint density at radius 3 is 2.34 bits per heavy atom. The summed E-state index contributed by atoms with van der Waals surface area (Å²) in [5, 5.41) is 10.3. The molecule has 1 N–H and O–H groups in total. The minimum absolute atomic E-state index is 0.0836. The minimum Gasteiger partial charge on any atom is -0.481 e. The maximum absolute atomic E-state index is 12.8. The maximum Gasteiger partial charge on any atom is 0.303 e. The van der Waals surface area contributed by atoms with Crippen molar-refractivity contribution < 1.29 is 14.7 Å². The van der Waals surface area contributed by atoms with Crippen molar-refractivity contribution in [2.24, 2.45) is 0 Å². The number of carboxylic acids is 1. The van der Waals surface area contributed by atoms with Crippen LogP contribution in [0, 0.1) is 0 Å². The first-order valence-electron chi connectivity index (χ1n) is 12.1. The number of hydrogen-bond donors (Lipinski definition) is 1. The summed E-state index contributed by atoms with van der Waals surface area (Å²) in [5.74, 6) is -0.538. The van der Waals surface area contributed by atoms with Gasteiger partial charge < -0.3 is 14.6 Å². The highest BCUT2D eigenvalue weighted by Crippen LogP contribution is 2.28. The molecule has 3 aromatic carbocycles. The van der Waals surface area contributed by atoms with Crippen LogP contribution in [0.25, 0.3) is 10.9 Å². The van der Waals surface area contributed by atoms with E-state index < -0.39 is 5.97 Å². The van der Waals surface area contributed by atoms with Crippen LogP contribution in [-0.4, -0.2) is 40.0 Å². The standard InChI is InChI=1S/C30H32N2O3/c1-31(18-16-23-8-4-2-5-9-23)29(33)22-32-19-17-27-21-24(12-14-28(27)32)20-26(13-15-30(34)35)25-10-6-3-7-11-25/h2-12,14,17,19,21,26H,13,15-16,18,20,22H2,1H3,(H,34,35). The SMILES string of the molecule is CN(CCc1ccccc1)C(=O)Cn1ccc2cc(CC(CCC(=O)O)c3ccccc3)ccc21. The average molecular weight is 469 g/mol. The fraction of sp³-hybridized carbons (Fsp3) is 0.267. The fourth-order valence-corrected chi connectivity index (χ4v) is 4.54. The first-order valence-corrected chi connectivity index (χ1v) is 12.1. The summed E-state index contributed by atoms with van der Waals surface area (Å²) >= 11 is 0. The third-order valence-corrected chi connectivity index (χ3v) is 6.61. The molecule has 0 aliphatic heterocycles. The van der Waals surface area contributed by atoms with Gasteiger partial charge in [0.05, 0.1) is 0 Å². The highest BCUT2D eigenvalue weighted by Gasteiger charge is 2.16. The van der Waals surface area contributed by atoms with Crippen molar-refractivity contribution in [1.82, 2.24) is 9.47 Å². The molecule has 1 atom stereocenters. The summed E-state index contributed by atoms with van der Waals surface area (Å²) in [7, 11) is 1.86. The van der Waals surface area contributed by atoms with Crippen molar-refractivity contribution in [2.75, 3.05) is 13.6 Å². The van der Waals surface area contributed by atoms with Crippen molar-refractivity contribution in [2.45, 2.75) is 38.1 Å². The number of carbonyl (C=O) groups is 2. The molecular weight excluding hydrogens is 436 g/mol. The van der Waals surface area contributed by atoms with E-state index in [9.17, 15) is 14.7 Å². The van der Waals surface area contributed by atoms with Gasteiger partial charge in [0.15, 0.2) is 0 Å². The Kier molecular flexibility index (Phi) is 7.99. The fourth-order valence-electron chi connectivity index (χ4n) is 4.54. The van der Waals surface area contributed by atoms with Crippen LogP contribution in [0.2, 0.25) is 0 Å². The number of fused-ring (bicyclic) bond motifs is 1. The zero-order valence-electron chi connectivity index (χ0n) is 20.1. The number of amides is 1. The molecule has 5 nitrogen and oxygen atoms in total. The van der Waals surface area contributed by atoms with Crippen LogP contribution in [-0.2, 0) is 29.0 Å². The first kappa shape index (κ1) is 24.3. The van der Waals surface area contributed by atoms with Crippen LogP contribution >= 0.6 is 0 Å². The molecular formula is C30H32N2O3. The number of benzene rings is 3. The summed E-state index contributed by atoms with van der Waals surface area (Å²) in [6, 6.07) is 28.7. The lowest BCUT2D eigenvalue weighted by molar-refractivity contribution is -0.137. The van der Waals surface area contributed by atoms with Crippen LogP contribution in [0.5, 0.6) is 0 Å². The number of rotatable bonds is 11. The largest absolute Gasteiger partial charge is 0.481 e. The molecule has 1 unspecified atom stereocenters. The maximum atomic E-state index is 12.8. The predicted octanol–water partition coefficient (Wildman–Crippen LogP) is 5.53. The lowest BCUT2D eigenvalue weighted by Crippen LogP contribution is -2.31. The van der Waals surface area contributed by atoms with Crippen molar-refractivity contribution in [3.05, 3.63) is 108 Å². The molecule has 0 fully saturated rings. The van der Waals surface area contributed by atoms with Gasteiger partial charge in [-0.1, -0.05) is 66.7 Å². The van der Waals surface area contributed by atoms with E-state index in [1.807, 2.05) is 60.3 Å². The molecule has 1 aromatic heterocycles. The van der Waals surface area contributed by atoms with E-state index >= 15 is 0 Å². The van der Waals surface area contributed by atoms with Gasteiger partial charge in [-0.3, -0.25) is 9.59 Å². The van der Waals surface area contributed by atoms with Crippen LogP contribution in [0.1, 0.15) is 35.4 Å². The zero-order chi connectivity index (χ0) is 24.6. The van der Waals surface area contributed by atoms with Gasteiger partial charge in [-0.25, -0.2) is 0 Å². The lowest BCUT2D eigenvalue weighted by Gasteiger charge is -2.18. The van der Waals surface area contributed by atoms with E-state index in [0.717, 1.165) is 29.3 Å². The van der Waals surface area contributed by atoms with E-state index in [2.05, 4.69) is 42.5 Å². The molecule has 0 saturated heterocycles. The van der Waals surface area contributed by atoms with Gasteiger partial charge in [-0.05, 0) is 65.5 Å². The number of carboxylic acid groups (broad SMARTS) is 1. The molecule has 0 saturated carbocycles. The van der Waals surface area contributed by atoms with E-state index in [4.69, 9.17) is 0 Å². The Morgan fingerprint density at radius 1 is 0.914 bits per heavy atom. The number of nitrogens with zero attached hydrogens (tertiary/aromatic N) is 2. The molecule has 4 aromatic rings. The van der Waals surface area contributed by atoms with Crippen molar-refractivity contribution in [3.63, 3.8) is 0 Å². The summed E-state index contributed by atoms with van der Waals surface area (Å²) < 4.78 is 2.00. The topological polar surface area (TPSA) is 62.5 Å². The Balaban J connectivity index is 1.42. The van der Waals surface area contributed by atoms with E-state index in [1.165, 1.54) is 11.1 Å². The van der Waals surface area contributed by atoms with E-state index in [-0.39, 0.29) is 18.2 Å². The van der Waals surface area contributed by atoms with Gasteiger partial charge in [0, 0.05) is 31.7 Å². The van der Waals surface area contributed by atoms with Crippen LogP contribution in [0.4, 0.5) is 0 Å². The van der Waals surface area contributed by atoms with Crippen molar-refractivity contribution in [1.29, 1.82) is 0 Å². The van der Waals surface area contributed by atoms with Gasteiger partial charge in [0.2, 0.25) is 5.91 Å². The number of carbonyl (C=O) groups excluding carboxylic acids is 1. The molecule has 5 heteroatoms. The molecule has 1 heterocycles. The number of likely N-dealkylation sites (N-methyl/N-ethyl adjacent to an activating group) is 1. The zero-order valence-corrected chi connectivity index (χ0v) is 20.1. The Bertz CT molecular complexity index is 1260. The van der Waals surface area contributed by atoms with Crippen LogP contribution in [0.3, 0.4) is 0 Å². The van der Waals surface area contributed by atoms with Gasteiger partial charge in [-0.15, -0.1) is 0 Å². The molecule has 0 aliphatic rings. The summed E-state index contributed by atoms with van der Waals surface area (Å²) in [4.78, 5) is 25.8. The Labute approximate surface area is 206 Å². The van der Waals surface area contributed by atoms with E-state index in [1.54, 1.807) is 4.90 Å². The second kappa shape index (κ2) is 11.5. The quantitative estimate of drug-likeness (QED) is 0.315. The van der Waals surface area contributed by atoms with Crippen LogP contribution < -0.4 is 0 Å². The summed E-state index contributed by atoms with van der Waals surface area (Å²) in [5.41, 5.74) is 4.58. The molecule has 0 aliphatic carbocycles.